The molecule has 8 nitrogen and oxygen atoms in total. The van der Waals surface area contributed by atoms with E-state index >= 15 is 0 Å². The summed E-state index contributed by atoms with van der Waals surface area (Å²) in [5.74, 6) is -1.90. The first-order valence-corrected chi connectivity index (χ1v) is 9.38. The molecule has 0 bridgehead atoms. The van der Waals surface area contributed by atoms with Gasteiger partial charge in [-0.3, -0.25) is 9.59 Å². The van der Waals surface area contributed by atoms with E-state index in [4.69, 9.17) is 18.9 Å². The summed E-state index contributed by atoms with van der Waals surface area (Å²) in [4.78, 5) is 46.8. The molecule has 2 rings (SSSR count). The molecule has 0 N–H and O–H groups in total. The van der Waals surface area contributed by atoms with Gasteiger partial charge in [0.15, 0.2) is 0 Å². The third-order valence-corrected chi connectivity index (χ3v) is 4.40. The summed E-state index contributed by atoms with van der Waals surface area (Å²) in [5, 5.41) is 0. The number of benzene rings is 1. The van der Waals surface area contributed by atoms with Crippen LogP contribution in [0, 0.1) is 5.92 Å². The molecule has 1 saturated carbocycles. The first-order chi connectivity index (χ1) is 13.9. The van der Waals surface area contributed by atoms with Gasteiger partial charge in [0.25, 0.3) is 6.47 Å². The third kappa shape index (κ3) is 6.74. The van der Waals surface area contributed by atoms with Crippen molar-refractivity contribution in [3.05, 3.63) is 35.9 Å². The molecule has 0 heterocycles. The second-order valence-electron chi connectivity index (χ2n) is 6.68. The maximum Gasteiger partial charge on any atom is 0.342 e. The number of carbonyl (C=O) groups excluding carboxylic acids is 4. The first kappa shape index (κ1) is 22.1. The standard InChI is InChI=1S/C21H24O8/c1-14(2)19(23)26-10-11-27-21(25)17-12-16(28-13-22)8-9-18(17)29-20(24)15-6-4-3-5-7-15/h8-9,12-13,15H,1,3-7,10-11H2,2H3. The largest absolute Gasteiger partial charge is 0.459 e. The van der Waals surface area contributed by atoms with Gasteiger partial charge in [0.2, 0.25) is 0 Å². The summed E-state index contributed by atoms with van der Waals surface area (Å²) in [5.41, 5.74) is 0.159. The van der Waals surface area contributed by atoms with Gasteiger partial charge >= 0.3 is 17.9 Å². The van der Waals surface area contributed by atoms with E-state index < -0.39 is 17.9 Å². The average Bonchev–Trinajstić information content (AvgIpc) is 2.72. The van der Waals surface area contributed by atoms with Crippen LogP contribution in [0.2, 0.25) is 0 Å². The first-order valence-electron chi connectivity index (χ1n) is 9.38. The van der Waals surface area contributed by atoms with Crippen molar-refractivity contribution in [2.75, 3.05) is 13.2 Å². The molecule has 1 aromatic rings. The predicted octanol–water partition coefficient (Wildman–Crippen LogP) is 2.98. The Morgan fingerprint density at radius 2 is 1.79 bits per heavy atom. The van der Waals surface area contributed by atoms with Crippen molar-refractivity contribution < 1.29 is 38.1 Å². The fourth-order valence-corrected chi connectivity index (χ4v) is 2.89. The molecule has 0 aromatic heterocycles. The predicted molar refractivity (Wildman–Crippen MR) is 101 cm³/mol. The zero-order valence-corrected chi connectivity index (χ0v) is 16.3. The number of esters is 3. The second-order valence-corrected chi connectivity index (χ2v) is 6.68. The molecule has 0 spiro atoms. The van der Waals surface area contributed by atoms with Crippen LogP contribution in [0.5, 0.6) is 11.5 Å². The molecule has 1 aliphatic rings. The minimum Gasteiger partial charge on any atom is -0.459 e. The molecule has 0 aliphatic heterocycles. The molecule has 1 fully saturated rings. The van der Waals surface area contributed by atoms with E-state index in [9.17, 15) is 19.2 Å². The van der Waals surface area contributed by atoms with Crippen molar-refractivity contribution in [2.24, 2.45) is 5.92 Å². The van der Waals surface area contributed by atoms with Crippen LogP contribution in [0.1, 0.15) is 49.4 Å². The summed E-state index contributed by atoms with van der Waals surface area (Å²) in [6, 6.07) is 4.03. The molecule has 0 saturated heterocycles. The molecule has 0 atom stereocenters. The summed E-state index contributed by atoms with van der Waals surface area (Å²) in [7, 11) is 0. The van der Waals surface area contributed by atoms with Gasteiger partial charge in [0.1, 0.15) is 30.3 Å². The topological polar surface area (TPSA) is 105 Å². The molecular formula is C21H24O8. The molecular weight excluding hydrogens is 380 g/mol. The molecule has 0 amide bonds. The van der Waals surface area contributed by atoms with Gasteiger partial charge in [0, 0.05) is 5.57 Å². The monoisotopic (exact) mass is 404 g/mol. The van der Waals surface area contributed by atoms with Crippen molar-refractivity contribution in [2.45, 2.75) is 39.0 Å². The third-order valence-electron chi connectivity index (χ3n) is 4.40. The average molecular weight is 404 g/mol. The minimum atomic E-state index is -0.806. The number of rotatable bonds is 9. The number of hydrogen-bond acceptors (Lipinski definition) is 8. The van der Waals surface area contributed by atoms with Gasteiger partial charge in [-0.25, -0.2) is 9.59 Å². The highest BCUT2D eigenvalue weighted by atomic mass is 16.6. The van der Waals surface area contributed by atoms with Gasteiger partial charge < -0.3 is 18.9 Å². The van der Waals surface area contributed by atoms with E-state index in [2.05, 4.69) is 6.58 Å². The lowest BCUT2D eigenvalue weighted by atomic mass is 9.89. The molecule has 8 heteroatoms. The Morgan fingerprint density at radius 1 is 1.10 bits per heavy atom. The van der Waals surface area contributed by atoms with Gasteiger partial charge in [-0.05, 0) is 38.0 Å². The molecule has 0 unspecified atom stereocenters. The summed E-state index contributed by atoms with van der Waals surface area (Å²) < 4.78 is 20.1. The van der Waals surface area contributed by atoms with Crippen LogP contribution in [-0.4, -0.2) is 37.6 Å². The Hall–Kier alpha value is -3.16. The van der Waals surface area contributed by atoms with Gasteiger partial charge in [0.05, 0.1) is 5.92 Å². The highest BCUT2D eigenvalue weighted by Crippen LogP contribution is 2.29. The smallest absolute Gasteiger partial charge is 0.342 e. The number of ether oxygens (including phenoxy) is 4. The maximum absolute atomic E-state index is 12.4. The highest BCUT2D eigenvalue weighted by Gasteiger charge is 2.25. The highest BCUT2D eigenvalue weighted by molar-refractivity contribution is 5.94. The molecule has 156 valence electrons. The molecule has 1 aliphatic carbocycles. The summed E-state index contributed by atoms with van der Waals surface area (Å²) in [6.07, 6.45) is 4.51. The van der Waals surface area contributed by atoms with E-state index in [1.54, 1.807) is 0 Å². The van der Waals surface area contributed by atoms with Crippen molar-refractivity contribution in [3.63, 3.8) is 0 Å². The van der Waals surface area contributed by atoms with Crippen LogP contribution in [0.25, 0.3) is 0 Å². The Balaban J connectivity index is 2.05. The van der Waals surface area contributed by atoms with Crippen molar-refractivity contribution in [1.29, 1.82) is 0 Å². The molecule has 0 radical (unpaired) electrons. The van der Waals surface area contributed by atoms with Crippen LogP contribution >= 0.6 is 0 Å². The van der Waals surface area contributed by atoms with E-state index in [0.717, 1.165) is 32.1 Å². The van der Waals surface area contributed by atoms with E-state index in [-0.39, 0.29) is 48.2 Å². The van der Waals surface area contributed by atoms with Crippen LogP contribution < -0.4 is 9.47 Å². The lowest BCUT2D eigenvalue weighted by Crippen LogP contribution is -2.24. The zero-order valence-electron chi connectivity index (χ0n) is 16.3. The maximum atomic E-state index is 12.4. The Kier molecular flexibility index (Phi) is 8.39. The fourth-order valence-electron chi connectivity index (χ4n) is 2.89. The van der Waals surface area contributed by atoms with Gasteiger partial charge in [-0.1, -0.05) is 25.8 Å². The van der Waals surface area contributed by atoms with Crippen LogP contribution in [-0.2, 0) is 23.9 Å². The molecule has 1 aromatic carbocycles. The minimum absolute atomic E-state index is 0.0164. The van der Waals surface area contributed by atoms with Crippen molar-refractivity contribution >= 4 is 24.4 Å². The quantitative estimate of drug-likeness (QED) is 0.203. The van der Waals surface area contributed by atoms with Crippen molar-refractivity contribution in [1.82, 2.24) is 0 Å². The fraction of sp³-hybridized carbons (Fsp3) is 0.429. The van der Waals surface area contributed by atoms with Crippen molar-refractivity contribution in [3.8, 4) is 11.5 Å². The van der Waals surface area contributed by atoms with Crippen LogP contribution in [0.3, 0.4) is 0 Å². The zero-order chi connectivity index (χ0) is 21.2. The number of hydrogen-bond donors (Lipinski definition) is 0. The SMILES string of the molecule is C=C(C)C(=O)OCCOC(=O)c1cc(OC=O)ccc1OC(=O)C1CCCCC1. The molecule has 29 heavy (non-hydrogen) atoms. The Bertz CT molecular complexity index is 777. The van der Waals surface area contributed by atoms with E-state index in [1.807, 2.05) is 0 Å². The Labute approximate surface area is 168 Å². The lowest BCUT2D eigenvalue weighted by molar-refractivity contribution is -0.141. The summed E-state index contributed by atoms with van der Waals surface area (Å²) >= 11 is 0. The van der Waals surface area contributed by atoms with E-state index in [0.29, 0.717) is 0 Å². The summed E-state index contributed by atoms with van der Waals surface area (Å²) in [6.45, 7) is 4.81. The number of carbonyl (C=O) groups is 4. The normalized spacial score (nSPS) is 13.8. The van der Waals surface area contributed by atoms with Crippen LogP contribution in [0.4, 0.5) is 0 Å². The lowest BCUT2D eigenvalue weighted by Gasteiger charge is -2.20. The van der Waals surface area contributed by atoms with Gasteiger partial charge in [-0.15, -0.1) is 0 Å². The van der Waals surface area contributed by atoms with E-state index in [1.165, 1.54) is 25.1 Å². The van der Waals surface area contributed by atoms with Crippen LogP contribution in [0.15, 0.2) is 30.4 Å². The second kappa shape index (κ2) is 11.0. The van der Waals surface area contributed by atoms with Gasteiger partial charge in [-0.2, -0.15) is 0 Å². The Morgan fingerprint density at radius 3 is 2.45 bits per heavy atom.